The molecule has 0 fully saturated rings. The van der Waals surface area contributed by atoms with Crippen molar-refractivity contribution in [2.24, 2.45) is 0 Å². The van der Waals surface area contributed by atoms with Gasteiger partial charge in [-0.3, -0.25) is 0 Å². The molecule has 0 aliphatic rings. The van der Waals surface area contributed by atoms with Crippen molar-refractivity contribution in [2.45, 2.75) is 0 Å². The van der Waals surface area contributed by atoms with Crippen molar-refractivity contribution in [1.82, 2.24) is 0 Å². The van der Waals surface area contributed by atoms with Gasteiger partial charge >= 0.3 is 0 Å². The van der Waals surface area contributed by atoms with Gasteiger partial charge < -0.3 is 5.11 Å². The Hall–Kier alpha value is 1.14. The summed E-state index contributed by atoms with van der Waals surface area (Å²) < 4.78 is 0. The first-order valence-electron chi connectivity index (χ1n) is 2.33. The molecule has 0 amide bonds. The van der Waals surface area contributed by atoms with E-state index in [2.05, 4.69) is 15.9 Å². The van der Waals surface area contributed by atoms with E-state index in [1.165, 1.54) is 0 Å². The molecule has 0 rings (SSSR count). The van der Waals surface area contributed by atoms with E-state index < -0.39 is 0 Å². The molecule has 0 aromatic heterocycles. The fourth-order valence-electron chi connectivity index (χ4n) is 0.187. The summed E-state index contributed by atoms with van der Waals surface area (Å²) in [5.74, 6) is 1.96. The van der Waals surface area contributed by atoms with E-state index in [4.69, 9.17) is 5.11 Å². The Morgan fingerprint density at radius 2 is 1.88 bits per heavy atom. The maximum atomic E-state index is 8.32. The van der Waals surface area contributed by atoms with Crippen molar-refractivity contribution >= 4 is 37.5 Å². The van der Waals surface area contributed by atoms with Crippen LogP contribution in [0.25, 0.3) is 0 Å². The SMILES string of the molecule is OCCSSCCBr. The average Bonchev–Trinajstić information content (AvgIpc) is 1.81. The molecule has 0 saturated carbocycles. The van der Waals surface area contributed by atoms with E-state index in [0.29, 0.717) is 6.61 Å². The summed E-state index contributed by atoms with van der Waals surface area (Å²) in [5.41, 5.74) is 0. The highest BCUT2D eigenvalue weighted by Crippen LogP contribution is 2.19. The number of alkyl halides is 1. The Labute approximate surface area is 66.1 Å². The zero-order valence-corrected chi connectivity index (χ0v) is 7.69. The van der Waals surface area contributed by atoms with Crippen LogP contribution in [0.3, 0.4) is 0 Å². The topological polar surface area (TPSA) is 20.2 Å². The molecule has 0 saturated heterocycles. The monoisotopic (exact) mass is 216 g/mol. The minimum atomic E-state index is 0.292. The first-order valence-corrected chi connectivity index (χ1v) is 5.94. The third-order valence-electron chi connectivity index (χ3n) is 0.418. The summed E-state index contributed by atoms with van der Waals surface area (Å²) in [4.78, 5) is 0. The quantitative estimate of drug-likeness (QED) is 0.430. The lowest BCUT2D eigenvalue weighted by Crippen LogP contribution is -1.83. The Morgan fingerprint density at radius 3 is 2.38 bits per heavy atom. The van der Waals surface area contributed by atoms with Crippen LogP contribution in [0.1, 0.15) is 0 Å². The lowest BCUT2D eigenvalue weighted by molar-refractivity contribution is 0.323. The summed E-state index contributed by atoms with van der Waals surface area (Å²) in [7, 11) is 3.50. The van der Waals surface area contributed by atoms with Gasteiger partial charge in [-0.1, -0.05) is 37.5 Å². The molecule has 4 heteroatoms. The molecule has 0 bridgehead atoms. The van der Waals surface area contributed by atoms with Gasteiger partial charge in [-0.15, -0.1) is 0 Å². The van der Waals surface area contributed by atoms with Crippen molar-refractivity contribution in [1.29, 1.82) is 0 Å². The predicted octanol–water partition coefficient (Wildman–Crippen LogP) is 1.75. The molecule has 0 aromatic carbocycles. The summed E-state index contributed by atoms with van der Waals surface area (Å²) in [6, 6.07) is 0. The van der Waals surface area contributed by atoms with Crippen LogP contribution in [-0.4, -0.2) is 28.5 Å². The number of hydrogen-bond donors (Lipinski definition) is 1. The number of aliphatic hydroxyl groups excluding tert-OH is 1. The molecule has 0 aliphatic heterocycles. The summed E-state index contributed by atoms with van der Waals surface area (Å²) in [6.45, 7) is 0.292. The number of aliphatic hydroxyl groups is 1. The van der Waals surface area contributed by atoms with Crippen LogP contribution in [0, 0.1) is 0 Å². The van der Waals surface area contributed by atoms with E-state index in [1.807, 2.05) is 0 Å². The highest BCUT2D eigenvalue weighted by Gasteiger charge is 1.85. The lowest BCUT2D eigenvalue weighted by atomic mass is 10.9. The van der Waals surface area contributed by atoms with Crippen molar-refractivity contribution in [3.05, 3.63) is 0 Å². The third kappa shape index (κ3) is 7.14. The maximum Gasteiger partial charge on any atom is 0.0530 e. The van der Waals surface area contributed by atoms with Gasteiger partial charge in [-0.05, 0) is 0 Å². The van der Waals surface area contributed by atoms with Gasteiger partial charge in [0.05, 0.1) is 6.61 Å². The van der Waals surface area contributed by atoms with Crippen molar-refractivity contribution in [3.63, 3.8) is 0 Å². The summed E-state index contributed by atoms with van der Waals surface area (Å²) in [6.07, 6.45) is 0. The Bertz CT molecular complexity index is 39.0. The Morgan fingerprint density at radius 1 is 1.25 bits per heavy atom. The van der Waals surface area contributed by atoms with Crippen LogP contribution in [0.2, 0.25) is 0 Å². The minimum Gasteiger partial charge on any atom is -0.395 e. The molecule has 0 aliphatic carbocycles. The van der Waals surface area contributed by atoms with Gasteiger partial charge in [0, 0.05) is 16.8 Å². The van der Waals surface area contributed by atoms with Gasteiger partial charge in [0.15, 0.2) is 0 Å². The van der Waals surface area contributed by atoms with Crippen LogP contribution in [0.5, 0.6) is 0 Å². The van der Waals surface area contributed by atoms with Crippen LogP contribution < -0.4 is 0 Å². The second kappa shape index (κ2) is 8.14. The van der Waals surface area contributed by atoms with Gasteiger partial charge in [0.25, 0.3) is 0 Å². The highest BCUT2D eigenvalue weighted by molar-refractivity contribution is 9.09. The van der Waals surface area contributed by atoms with Gasteiger partial charge in [0.2, 0.25) is 0 Å². The normalized spacial score (nSPS) is 9.75. The van der Waals surface area contributed by atoms with Crippen molar-refractivity contribution in [2.75, 3.05) is 23.4 Å². The van der Waals surface area contributed by atoms with Gasteiger partial charge in [-0.2, -0.15) is 0 Å². The van der Waals surface area contributed by atoms with Crippen molar-refractivity contribution in [3.8, 4) is 0 Å². The second-order valence-electron chi connectivity index (χ2n) is 1.06. The van der Waals surface area contributed by atoms with Crippen LogP contribution >= 0.6 is 37.5 Å². The van der Waals surface area contributed by atoms with E-state index in [1.54, 1.807) is 21.6 Å². The predicted molar refractivity (Wildman–Crippen MR) is 45.8 cm³/mol. The van der Waals surface area contributed by atoms with Crippen molar-refractivity contribution < 1.29 is 5.11 Å². The molecule has 8 heavy (non-hydrogen) atoms. The van der Waals surface area contributed by atoms with Crippen LogP contribution in [0.15, 0.2) is 0 Å². The largest absolute Gasteiger partial charge is 0.395 e. The van der Waals surface area contributed by atoms with Gasteiger partial charge in [-0.25, -0.2) is 0 Å². The smallest absolute Gasteiger partial charge is 0.0530 e. The third-order valence-corrected chi connectivity index (χ3v) is 3.73. The molecule has 0 spiro atoms. The molecule has 50 valence electrons. The molecule has 1 N–H and O–H groups in total. The first-order chi connectivity index (χ1) is 3.91. The molecule has 0 heterocycles. The standard InChI is InChI=1S/C4H9BrOS2/c5-1-3-7-8-4-2-6/h6H,1-4H2. The van der Waals surface area contributed by atoms with E-state index >= 15 is 0 Å². The molecule has 1 nitrogen and oxygen atoms in total. The minimum absolute atomic E-state index is 0.292. The maximum absolute atomic E-state index is 8.32. The second-order valence-corrected chi connectivity index (χ2v) is 4.55. The zero-order valence-electron chi connectivity index (χ0n) is 4.47. The van der Waals surface area contributed by atoms with E-state index in [-0.39, 0.29) is 0 Å². The zero-order chi connectivity index (χ0) is 6.24. The van der Waals surface area contributed by atoms with Crippen LogP contribution in [-0.2, 0) is 0 Å². The molecule has 0 unspecified atom stereocenters. The number of rotatable bonds is 5. The molecule has 0 atom stereocenters. The number of hydrogen-bond acceptors (Lipinski definition) is 3. The Kier molecular flexibility index (Phi) is 9.30. The Balaban J connectivity index is 2.53. The molecular weight excluding hydrogens is 208 g/mol. The van der Waals surface area contributed by atoms with Gasteiger partial charge in [0.1, 0.15) is 0 Å². The molecular formula is C4H9BrOS2. The summed E-state index contributed by atoms with van der Waals surface area (Å²) in [5, 5.41) is 9.36. The van der Waals surface area contributed by atoms with E-state index in [9.17, 15) is 0 Å². The fourth-order valence-corrected chi connectivity index (χ4v) is 2.87. The highest BCUT2D eigenvalue weighted by atomic mass is 79.9. The number of halogens is 1. The first kappa shape index (κ1) is 9.14. The lowest BCUT2D eigenvalue weighted by Gasteiger charge is -1.92. The fraction of sp³-hybridized carbons (Fsp3) is 1.00. The van der Waals surface area contributed by atoms with Crippen LogP contribution in [0.4, 0.5) is 0 Å². The van der Waals surface area contributed by atoms with E-state index in [0.717, 1.165) is 16.8 Å². The molecule has 0 radical (unpaired) electrons. The average molecular weight is 217 g/mol. The molecule has 0 aromatic rings. The summed E-state index contributed by atoms with van der Waals surface area (Å²) >= 11 is 3.30.